The van der Waals surface area contributed by atoms with Crippen molar-refractivity contribution in [3.8, 4) is 0 Å². The molecule has 0 spiro atoms. The van der Waals surface area contributed by atoms with Crippen molar-refractivity contribution in [3.05, 3.63) is 37.7 Å². The third-order valence-corrected chi connectivity index (χ3v) is 3.73. The van der Waals surface area contributed by atoms with Gasteiger partial charge in [0.1, 0.15) is 6.04 Å². The number of fused-ring (bicyclic) bond motifs is 1. The highest BCUT2D eigenvalue weighted by atomic mass is 32.1. The zero-order valence-electron chi connectivity index (χ0n) is 10.5. The Bertz CT molecular complexity index is 766. The molecule has 0 radical (unpaired) electrons. The molecule has 0 saturated heterocycles. The fourth-order valence-electron chi connectivity index (χ4n) is 1.83. The van der Waals surface area contributed by atoms with E-state index < -0.39 is 33.3 Å². The summed E-state index contributed by atoms with van der Waals surface area (Å²) in [7, 11) is 1.17. The standard InChI is InChI=1S/C11H9FN2O5S/c1-5(10(15)19-2)13-8-4-7(14(17)18)6(12)3-9(8)20-11(13)16/h3-5H,1-2H3. The van der Waals surface area contributed by atoms with Gasteiger partial charge < -0.3 is 4.74 Å². The molecule has 2 aromatic rings. The molecule has 9 heteroatoms. The fraction of sp³-hybridized carbons (Fsp3) is 0.273. The Labute approximate surface area is 115 Å². The Morgan fingerprint density at radius 2 is 2.20 bits per heavy atom. The minimum absolute atomic E-state index is 0.131. The Hall–Kier alpha value is -2.29. The Morgan fingerprint density at radius 3 is 2.75 bits per heavy atom. The molecule has 0 N–H and O–H groups in total. The van der Waals surface area contributed by atoms with Crippen LogP contribution in [0.5, 0.6) is 0 Å². The summed E-state index contributed by atoms with van der Waals surface area (Å²) in [5.41, 5.74) is -0.618. The molecule has 0 fully saturated rings. The molecule has 1 heterocycles. The van der Waals surface area contributed by atoms with Crippen LogP contribution in [0.2, 0.25) is 0 Å². The van der Waals surface area contributed by atoms with Gasteiger partial charge in [-0.05, 0) is 6.92 Å². The van der Waals surface area contributed by atoms with E-state index in [1.54, 1.807) is 0 Å². The first-order valence-corrected chi connectivity index (χ1v) is 6.25. The van der Waals surface area contributed by atoms with Crippen molar-refractivity contribution in [3.63, 3.8) is 0 Å². The lowest BCUT2D eigenvalue weighted by Gasteiger charge is -2.10. The molecule has 0 saturated carbocycles. The Morgan fingerprint density at radius 1 is 1.55 bits per heavy atom. The number of hydrogen-bond acceptors (Lipinski definition) is 6. The van der Waals surface area contributed by atoms with Crippen LogP contribution in [0.15, 0.2) is 16.9 Å². The van der Waals surface area contributed by atoms with E-state index in [4.69, 9.17) is 0 Å². The van der Waals surface area contributed by atoms with E-state index in [0.29, 0.717) is 11.3 Å². The molecule has 1 aromatic heterocycles. The number of esters is 1. The number of thiazole rings is 1. The van der Waals surface area contributed by atoms with E-state index in [1.807, 2.05) is 0 Å². The molecule has 0 aliphatic heterocycles. The predicted molar refractivity (Wildman–Crippen MR) is 69.4 cm³/mol. The normalized spacial score (nSPS) is 12.3. The second-order valence-corrected chi connectivity index (χ2v) is 4.96. The number of nitro benzene ring substituents is 1. The van der Waals surface area contributed by atoms with Gasteiger partial charge in [-0.3, -0.25) is 19.5 Å². The van der Waals surface area contributed by atoms with Gasteiger partial charge in [-0.2, -0.15) is 4.39 Å². The number of nitrogens with zero attached hydrogens (tertiary/aromatic N) is 2. The summed E-state index contributed by atoms with van der Waals surface area (Å²) < 4.78 is 19.3. The average Bonchev–Trinajstić information content (AvgIpc) is 2.70. The number of carbonyl (C=O) groups is 1. The van der Waals surface area contributed by atoms with Crippen molar-refractivity contribution in [1.82, 2.24) is 4.57 Å². The average molecular weight is 300 g/mol. The molecular weight excluding hydrogens is 291 g/mol. The lowest BCUT2D eigenvalue weighted by Crippen LogP contribution is -2.25. The summed E-state index contributed by atoms with van der Waals surface area (Å²) in [6.07, 6.45) is 0. The predicted octanol–water partition coefficient (Wildman–Crippen LogP) is 1.84. The summed E-state index contributed by atoms with van der Waals surface area (Å²) >= 11 is 0.707. The first-order chi connectivity index (χ1) is 9.36. The largest absolute Gasteiger partial charge is 0.467 e. The number of halogens is 1. The molecule has 0 aliphatic carbocycles. The lowest BCUT2D eigenvalue weighted by molar-refractivity contribution is -0.387. The van der Waals surface area contributed by atoms with Crippen LogP contribution in [0.1, 0.15) is 13.0 Å². The highest BCUT2D eigenvalue weighted by Gasteiger charge is 2.24. The summed E-state index contributed by atoms with van der Waals surface area (Å²) in [5, 5.41) is 10.7. The van der Waals surface area contributed by atoms with Crippen LogP contribution in [0.4, 0.5) is 10.1 Å². The van der Waals surface area contributed by atoms with E-state index in [9.17, 15) is 24.1 Å². The molecular formula is C11H9FN2O5S. The van der Waals surface area contributed by atoms with Crippen molar-refractivity contribution in [1.29, 1.82) is 0 Å². The highest BCUT2D eigenvalue weighted by molar-refractivity contribution is 7.16. The quantitative estimate of drug-likeness (QED) is 0.490. The molecule has 0 bridgehead atoms. The van der Waals surface area contributed by atoms with E-state index in [0.717, 1.165) is 16.7 Å². The van der Waals surface area contributed by atoms with Crippen LogP contribution < -0.4 is 4.87 Å². The molecule has 2 rings (SSSR count). The van der Waals surface area contributed by atoms with E-state index in [-0.39, 0.29) is 10.2 Å². The maximum Gasteiger partial charge on any atom is 0.328 e. The number of nitro groups is 1. The van der Waals surface area contributed by atoms with Crippen molar-refractivity contribution in [2.75, 3.05) is 7.11 Å². The van der Waals surface area contributed by atoms with Crippen molar-refractivity contribution < 1.29 is 18.8 Å². The summed E-state index contributed by atoms with van der Waals surface area (Å²) in [5.74, 6) is -1.69. The first kappa shape index (κ1) is 14.1. The molecule has 0 amide bonds. The fourth-order valence-corrected chi connectivity index (χ4v) is 2.79. The van der Waals surface area contributed by atoms with Crippen LogP contribution >= 0.6 is 11.3 Å². The first-order valence-electron chi connectivity index (χ1n) is 5.43. The SMILES string of the molecule is COC(=O)C(C)n1c(=O)sc2cc(F)c([N+](=O)[O-])cc21. The maximum atomic E-state index is 13.5. The van der Waals surface area contributed by atoms with E-state index >= 15 is 0 Å². The summed E-state index contributed by atoms with van der Waals surface area (Å²) in [4.78, 5) is 32.7. The van der Waals surface area contributed by atoms with Gasteiger partial charge in [0.25, 0.3) is 0 Å². The number of hydrogen-bond donors (Lipinski definition) is 0. The molecule has 1 aromatic carbocycles. The van der Waals surface area contributed by atoms with Crippen LogP contribution in [-0.4, -0.2) is 22.6 Å². The number of ether oxygens (including phenoxy) is 1. The molecule has 7 nitrogen and oxygen atoms in total. The number of rotatable bonds is 3. The van der Waals surface area contributed by atoms with Gasteiger partial charge in [-0.15, -0.1) is 0 Å². The van der Waals surface area contributed by atoms with E-state index in [1.165, 1.54) is 14.0 Å². The third-order valence-electron chi connectivity index (χ3n) is 2.81. The van der Waals surface area contributed by atoms with Gasteiger partial charge in [-0.1, -0.05) is 11.3 Å². The van der Waals surface area contributed by atoms with Crippen LogP contribution in [0.3, 0.4) is 0 Å². The zero-order chi connectivity index (χ0) is 15.0. The minimum Gasteiger partial charge on any atom is -0.467 e. The summed E-state index contributed by atoms with van der Waals surface area (Å²) in [6.45, 7) is 1.43. The van der Waals surface area contributed by atoms with Gasteiger partial charge >= 0.3 is 16.5 Å². The Balaban J connectivity index is 2.75. The van der Waals surface area contributed by atoms with Gasteiger partial charge in [0, 0.05) is 12.1 Å². The summed E-state index contributed by atoms with van der Waals surface area (Å²) in [6, 6.07) is 0.911. The molecule has 106 valence electrons. The lowest BCUT2D eigenvalue weighted by atomic mass is 10.2. The van der Waals surface area contributed by atoms with Gasteiger partial charge in [0.2, 0.25) is 5.82 Å². The van der Waals surface area contributed by atoms with Gasteiger partial charge in [-0.25, -0.2) is 4.79 Å². The number of methoxy groups -OCH3 is 1. The number of carbonyl (C=O) groups excluding carboxylic acids is 1. The Kier molecular flexibility index (Phi) is 3.53. The topological polar surface area (TPSA) is 91.4 Å². The smallest absolute Gasteiger partial charge is 0.328 e. The zero-order valence-corrected chi connectivity index (χ0v) is 11.3. The molecule has 1 atom stereocenters. The molecule has 20 heavy (non-hydrogen) atoms. The highest BCUT2D eigenvalue weighted by Crippen LogP contribution is 2.28. The monoisotopic (exact) mass is 300 g/mol. The van der Waals surface area contributed by atoms with E-state index in [2.05, 4.69) is 4.74 Å². The number of benzene rings is 1. The molecule has 1 unspecified atom stereocenters. The van der Waals surface area contributed by atoms with Gasteiger partial charge in [0.15, 0.2) is 0 Å². The molecule has 0 aliphatic rings. The van der Waals surface area contributed by atoms with Crippen LogP contribution in [0, 0.1) is 15.9 Å². The van der Waals surface area contributed by atoms with Crippen molar-refractivity contribution >= 4 is 33.2 Å². The van der Waals surface area contributed by atoms with Crippen LogP contribution in [-0.2, 0) is 9.53 Å². The third kappa shape index (κ3) is 2.16. The van der Waals surface area contributed by atoms with Crippen molar-refractivity contribution in [2.24, 2.45) is 0 Å². The number of aromatic nitrogens is 1. The minimum atomic E-state index is -1.03. The second kappa shape index (κ2) is 5.00. The second-order valence-electron chi connectivity index (χ2n) is 3.97. The van der Waals surface area contributed by atoms with Crippen LogP contribution in [0.25, 0.3) is 10.2 Å². The van der Waals surface area contributed by atoms with Gasteiger partial charge in [0.05, 0.1) is 22.2 Å². The maximum absolute atomic E-state index is 13.5. The van der Waals surface area contributed by atoms with Crippen molar-refractivity contribution in [2.45, 2.75) is 13.0 Å².